The van der Waals surface area contributed by atoms with Gasteiger partial charge in [-0.3, -0.25) is 10.4 Å². The molecular weight excluding hydrogens is 208 g/mol. The lowest BCUT2D eigenvalue weighted by Crippen LogP contribution is -2.43. The summed E-state index contributed by atoms with van der Waals surface area (Å²) in [6, 6.07) is 0. The van der Waals surface area contributed by atoms with Crippen LogP contribution in [0.4, 0.5) is 0 Å². The number of nitrogens with zero attached hydrogens (tertiary/aromatic N) is 1. The highest BCUT2D eigenvalue weighted by Crippen LogP contribution is 1.84. The van der Waals surface area contributed by atoms with Crippen LogP contribution < -0.4 is 16.6 Å². The van der Waals surface area contributed by atoms with E-state index in [9.17, 15) is 0 Å². The Labute approximate surface area is 97.6 Å². The first-order valence-corrected chi connectivity index (χ1v) is 5.75. The fourth-order valence-corrected chi connectivity index (χ4v) is 1.04. The van der Waals surface area contributed by atoms with Crippen molar-refractivity contribution in [2.75, 3.05) is 39.5 Å². The standard InChI is InChI=1S/C10H24N4O2/c1-3-15-8-5-6-12-10(14-11)13-7-9-16-4-2/h3-9,11H2,1-2H3,(H2,12,13,14). The predicted octanol–water partition coefficient (Wildman–Crippen LogP) is -0.142. The second-order valence-electron chi connectivity index (χ2n) is 3.05. The van der Waals surface area contributed by atoms with E-state index in [0.717, 1.165) is 26.2 Å². The highest BCUT2D eigenvalue weighted by atomic mass is 16.5. The van der Waals surface area contributed by atoms with Crippen LogP contribution in [-0.4, -0.2) is 45.5 Å². The Balaban J connectivity index is 3.50. The second-order valence-corrected chi connectivity index (χ2v) is 3.05. The van der Waals surface area contributed by atoms with E-state index in [1.165, 1.54) is 0 Å². The van der Waals surface area contributed by atoms with Gasteiger partial charge in [0.1, 0.15) is 0 Å². The monoisotopic (exact) mass is 232 g/mol. The van der Waals surface area contributed by atoms with Gasteiger partial charge in [0.15, 0.2) is 0 Å². The van der Waals surface area contributed by atoms with Crippen LogP contribution in [0.1, 0.15) is 20.3 Å². The molecule has 0 aromatic carbocycles. The van der Waals surface area contributed by atoms with Gasteiger partial charge in [0, 0.05) is 32.9 Å². The summed E-state index contributed by atoms with van der Waals surface area (Å²) in [5.41, 5.74) is 2.51. The van der Waals surface area contributed by atoms with E-state index >= 15 is 0 Å². The highest BCUT2D eigenvalue weighted by molar-refractivity contribution is 5.79. The number of hydrogen-bond donors (Lipinski definition) is 3. The zero-order chi connectivity index (χ0) is 12.1. The molecule has 0 atom stereocenters. The van der Waals surface area contributed by atoms with E-state index in [4.69, 9.17) is 15.3 Å². The minimum Gasteiger partial charge on any atom is -0.382 e. The number of ether oxygens (including phenoxy) is 2. The molecule has 0 unspecified atom stereocenters. The number of rotatable bonds is 9. The molecule has 6 heteroatoms. The summed E-state index contributed by atoms with van der Waals surface area (Å²) in [5, 5.41) is 3.04. The Morgan fingerprint density at radius 2 is 1.88 bits per heavy atom. The molecule has 0 amide bonds. The molecule has 6 nitrogen and oxygen atoms in total. The smallest absolute Gasteiger partial charge is 0.205 e. The van der Waals surface area contributed by atoms with Gasteiger partial charge in [0.05, 0.1) is 6.61 Å². The summed E-state index contributed by atoms with van der Waals surface area (Å²) in [4.78, 5) is 4.25. The molecule has 0 rings (SSSR count). The summed E-state index contributed by atoms with van der Waals surface area (Å²) < 4.78 is 10.4. The molecule has 0 spiro atoms. The van der Waals surface area contributed by atoms with Crippen molar-refractivity contribution >= 4 is 5.96 Å². The van der Waals surface area contributed by atoms with Gasteiger partial charge in [-0.25, -0.2) is 5.84 Å². The van der Waals surface area contributed by atoms with E-state index in [1.807, 2.05) is 13.8 Å². The molecule has 0 aromatic heterocycles. The number of hydrazine groups is 1. The molecule has 0 radical (unpaired) electrons. The van der Waals surface area contributed by atoms with E-state index < -0.39 is 0 Å². The third-order valence-electron chi connectivity index (χ3n) is 1.80. The third kappa shape index (κ3) is 9.70. The Bertz CT molecular complexity index is 176. The fourth-order valence-electron chi connectivity index (χ4n) is 1.04. The first kappa shape index (κ1) is 15.2. The van der Waals surface area contributed by atoms with Gasteiger partial charge in [-0.15, -0.1) is 0 Å². The highest BCUT2D eigenvalue weighted by Gasteiger charge is 1.94. The van der Waals surface area contributed by atoms with Crippen LogP contribution >= 0.6 is 0 Å². The van der Waals surface area contributed by atoms with Gasteiger partial charge in [0.2, 0.25) is 5.96 Å². The molecule has 0 saturated carbocycles. The van der Waals surface area contributed by atoms with Gasteiger partial charge >= 0.3 is 0 Å². The topological polar surface area (TPSA) is 80.9 Å². The lowest BCUT2D eigenvalue weighted by Gasteiger charge is -2.08. The molecule has 16 heavy (non-hydrogen) atoms. The van der Waals surface area contributed by atoms with Crippen LogP contribution in [-0.2, 0) is 9.47 Å². The van der Waals surface area contributed by atoms with Crippen LogP contribution in [0.15, 0.2) is 4.99 Å². The average Bonchev–Trinajstić information content (AvgIpc) is 2.31. The van der Waals surface area contributed by atoms with Crippen LogP contribution in [0.2, 0.25) is 0 Å². The Hall–Kier alpha value is -0.850. The summed E-state index contributed by atoms with van der Waals surface area (Å²) in [6.45, 7) is 8.18. The number of nitrogens with one attached hydrogen (secondary N) is 2. The Morgan fingerprint density at radius 1 is 1.19 bits per heavy atom. The molecule has 0 saturated heterocycles. The summed E-state index contributed by atoms with van der Waals surface area (Å²) in [6.07, 6.45) is 0.895. The Kier molecular flexibility index (Phi) is 11.6. The number of guanidine groups is 1. The van der Waals surface area contributed by atoms with E-state index in [1.54, 1.807) is 0 Å². The van der Waals surface area contributed by atoms with Gasteiger partial charge in [-0.05, 0) is 20.3 Å². The van der Waals surface area contributed by atoms with Gasteiger partial charge in [0.25, 0.3) is 0 Å². The Morgan fingerprint density at radius 3 is 2.50 bits per heavy atom. The van der Waals surface area contributed by atoms with Crippen molar-refractivity contribution in [3.8, 4) is 0 Å². The number of nitrogens with two attached hydrogens (primary N) is 1. The van der Waals surface area contributed by atoms with Crippen LogP contribution in [0.3, 0.4) is 0 Å². The molecule has 0 bridgehead atoms. The SMILES string of the molecule is CCOCCCN=C(NN)NCCOCC. The average molecular weight is 232 g/mol. The summed E-state index contributed by atoms with van der Waals surface area (Å²) in [7, 11) is 0. The van der Waals surface area contributed by atoms with Crippen molar-refractivity contribution in [1.29, 1.82) is 0 Å². The minimum atomic E-state index is 0.594. The second kappa shape index (κ2) is 12.2. The zero-order valence-electron chi connectivity index (χ0n) is 10.3. The number of aliphatic imine (C=N–C) groups is 1. The normalized spacial score (nSPS) is 11.6. The third-order valence-corrected chi connectivity index (χ3v) is 1.80. The van der Waals surface area contributed by atoms with E-state index in [-0.39, 0.29) is 0 Å². The first-order chi connectivity index (χ1) is 7.85. The van der Waals surface area contributed by atoms with Crippen LogP contribution in [0, 0.1) is 0 Å². The van der Waals surface area contributed by atoms with Gasteiger partial charge in [-0.1, -0.05) is 0 Å². The fraction of sp³-hybridized carbons (Fsp3) is 0.900. The molecule has 96 valence electrons. The summed E-state index contributed by atoms with van der Waals surface area (Å²) in [5.74, 6) is 5.91. The largest absolute Gasteiger partial charge is 0.382 e. The maximum Gasteiger partial charge on any atom is 0.205 e. The van der Waals surface area contributed by atoms with Crippen molar-refractivity contribution in [3.05, 3.63) is 0 Å². The van der Waals surface area contributed by atoms with Crippen molar-refractivity contribution in [2.24, 2.45) is 10.8 Å². The zero-order valence-corrected chi connectivity index (χ0v) is 10.3. The lowest BCUT2D eigenvalue weighted by molar-refractivity contribution is 0.146. The van der Waals surface area contributed by atoms with Crippen molar-refractivity contribution in [3.63, 3.8) is 0 Å². The molecule has 0 fully saturated rings. The molecule has 0 aliphatic rings. The van der Waals surface area contributed by atoms with Crippen LogP contribution in [0.5, 0.6) is 0 Å². The molecular formula is C10H24N4O2. The molecule has 4 N–H and O–H groups in total. The number of hydrogen-bond acceptors (Lipinski definition) is 4. The lowest BCUT2D eigenvalue weighted by atomic mass is 10.4. The van der Waals surface area contributed by atoms with Crippen LogP contribution in [0.25, 0.3) is 0 Å². The molecule has 0 heterocycles. The predicted molar refractivity (Wildman–Crippen MR) is 65.2 cm³/mol. The van der Waals surface area contributed by atoms with Gasteiger partial charge in [-0.2, -0.15) is 0 Å². The quantitative estimate of drug-likeness (QED) is 0.169. The van der Waals surface area contributed by atoms with Gasteiger partial charge < -0.3 is 14.8 Å². The summed E-state index contributed by atoms with van der Waals surface area (Å²) >= 11 is 0. The van der Waals surface area contributed by atoms with Crippen molar-refractivity contribution in [2.45, 2.75) is 20.3 Å². The minimum absolute atomic E-state index is 0.594. The van der Waals surface area contributed by atoms with E-state index in [2.05, 4.69) is 15.7 Å². The van der Waals surface area contributed by atoms with Crippen molar-refractivity contribution in [1.82, 2.24) is 10.7 Å². The first-order valence-electron chi connectivity index (χ1n) is 5.75. The maximum absolute atomic E-state index is 5.31. The maximum atomic E-state index is 5.31. The molecule has 0 aliphatic carbocycles. The molecule has 0 aromatic rings. The van der Waals surface area contributed by atoms with Crippen molar-refractivity contribution < 1.29 is 9.47 Å². The molecule has 0 aliphatic heterocycles. The van der Waals surface area contributed by atoms with E-state index in [0.29, 0.717) is 25.7 Å².